The van der Waals surface area contributed by atoms with Gasteiger partial charge >= 0.3 is 0 Å². The van der Waals surface area contributed by atoms with Gasteiger partial charge in [-0.05, 0) is 75.6 Å². The van der Waals surface area contributed by atoms with E-state index in [4.69, 9.17) is 14.2 Å². The maximum absolute atomic E-state index is 13.1. The molecular formula is C27H33NO6. The van der Waals surface area contributed by atoms with Crippen LogP contribution >= 0.6 is 0 Å². The Balaban J connectivity index is 2.16. The number of ether oxygens (including phenoxy) is 3. The van der Waals surface area contributed by atoms with E-state index in [2.05, 4.69) is 0 Å². The molecule has 1 N–H and O–H groups in total. The largest absolute Gasteiger partial charge is 0.507 e. The van der Waals surface area contributed by atoms with Gasteiger partial charge in [-0.2, -0.15) is 0 Å². The molecule has 34 heavy (non-hydrogen) atoms. The maximum atomic E-state index is 13.1. The summed E-state index contributed by atoms with van der Waals surface area (Å²) < 4.78 is 16.9. The number of aryl methyl sites for hydroxylation is 1. The molecule has 1 heterocycles. The van der Waals surface area contributed by atoms with Gasteiger partial charge in [-0.25, -0.2) is 0 Å². The number of hydrogen-bond donors (Lipinski definition) is 1. The first kappa shape index (κ1) is 25.1. The normalized spacial score (nSPS) is 17.4. The molecule has 0 saturated carbocycles. The number of carbonyl (C=O) groups is 2. The Morgan fingerprint density at radius 2 is 1.76 bits per heavy atom. The van der Waals surface area contributed by atoms with E-state index in [0.717, 1.165) is 5.56 Å². The second-order valence-electron chi connectivity index (χ2n) is 8.48. The van der Waals surface area contributed by atoms with Crippen LogP contribution in [0.2, 0.25) is 0 Å². The van der Waals surface area contributed by atoms with E-state index < -0.39 is 17.7 Å². The standard InChI is InChI=1S/C27H33NO6/c1-7-13-28-24(18-9-12-21(32-6)22(15-18)33-8-2)23(26(30)27(28)31)25(29)19-10-11-20(17(5)14-19)34-16(3)4/h9-12,14-16,24,29H,7-8,13H2,1-6H3/b25-23-. The van der Waals surface area contributed by atoms with Crippen molar-refractivity contribution < 1.29 is 28.9 Å². The highest BCUT2D eigenvalue weighted by atomic mass is 16.5. The lowest BCUT2D eigenvalue weighted by Crippen LogP contribution is -2.30. The fourth-order valence-corrected chi connectivity index (χ4v) is 4.17. The van der Waals surface area contributed by atoms with Gasteiger partial charge < -0.3 is 24.2 Å². The lowest BCUT2D eigenvalue weighted by molar-refractivity contribution is -0.139. The van der Waals surface area contributed by atoms with E-state index in [9.17, 15) is 14.7 Å². The molecule has 1 aliphatic heterocycles. The van der Waals surface area contributed by atoms with Crippen LogP contribution in [0.5, 0.6) is 17.2 Å². The molecule has 1 fully saturated rings. The number of benzene rings is 2. The van der Waals surface area contributed by atoms with Gasteiger partial charge in [0.1, 0.15) is 11.5 Å². The number of amides is 1. The van der Waals surface area contributed by atoms with Crippen LogP contribution in [0.3, 0.4) is 0 Å². The number of Topliss-reactive ketones (excluding diaryl/α,β-unsaturated/α-hetero) is 1. The zero-order valence-corrected chi connectivity index (χ0v) is 20.7. The van der Waals surface area contributed by atoms with E-state index in [1.165, 1.54) is 4.90 Å². The van der Waals surface area contributed by atoms with Crippen LogP contribution in [0.1, 0.15) is 56.8 Å². The number of methoxy groups -OCH3 is 1. The van der Waals surface area contributed by atoms with Crippen molar-refractivity contribution in [1.82, 2.24) is 4.90 Å². The Labute approximate surface area is 200 Å². The smallest absolute Gasteiger partial charge is 0.295 e. The molecule has 2 aromatic carbocycles. The van der Waals surface area contributed by atoms with Gasteiger partial charge in [0.2, 0.25) is 0 Å². The summed E-state index contributed by atoms with van der Waals surface area (Å²) in [5.41, 5.74) is 1.99. The zero-order chi connectivity index (χ0) is 25.0. The molecule has 1 aliphatic rings. The Morgan fingerprint density at radius 3 is 2.35 bits per heavy atom. The number of carbonyl (C=O) groups excluding carboxylic acids is 2. The molecule has 2 aromatic rings. The summed E-state index contributed by atoms with van der Waals surface area (Å²) >= 11 is 0. The minimum absolute atomic E-state index is 0.00660. The minimum Gasteiger partial charge on any atom is -0.507 e. The van der Waals surface area contributed by atoms with Crippen LogP contribution in [-0.4, -0.2) is 48.1 Å². The van der Waals surface area contributed by atoms with Gasteiger partial charge in [0, 0.05) is 12.1 Å². The molecular weight excluding hydrogens is 434 g/mol. The third-order valence-corrected chi connectivity index (χ3v) is 5.62. The average molecular weight is 468 g/mol. The second-order valence-corrected chi connectivity index (χ2v) is 8.48. The van der Waals surface area contributed by atoms with Crippen LogP contribution in [-0.2, 0) is 9.59 Å². The molecule has 1 saturated heterocycles. The van der Waals surface area contributed by atoms with Gasteiger partial charge in [0.25, 0.3) is 11.7 Å². The third kappa shape index (κ3) is 4.88. The summed E-state index contributed by atoms with van der Waals surface area (Å²) in [5, 5.41) is 11.3. The topological polar surface area (TPSA) is 85.3 Å². The summed E-state index contributed by atoms with van der Waals surface area (Å²) in [7, 11) is 1.55. The first-order chi connectivity index (χ1) is 16.2. The molecule has 1 unspecified atom stereocenters. The third-order valence-electron chi connectivity index (χ3n) is 5.62. The average Bonchev–Trinajstić information content (AvgIpc) is 3.05. The first-order valence-electron chi connectivity index (χ1n) is 11.6. The van der Waals surface area contributed by atoms with Crippen molar-refractivity contribution in [3.63, 3.8) is 0 Å². The first-order valence-corrected chi connectivity index (χ1v) is 11.6. The summed E-state index contributed by atoms with van der Waals surface area (Å²) in [4.78, 5) is 27.6. The predicted molar refractivity (Wildman–Crippen MR) is 130 cm³/mol. The van der Waals surface area contributed by atoms with Gasteiger partial charge in [-0.1, -0.05) is 13.0 Å². The minimum atomic E-state index is -0.739. The molecule has 0 radical (unpaired) electrons. The van der Waals surface area contributed by atoms with Gasteiger partial charge in [0.05, 0.1) is 31.4 Å². The summed E-state index contributed by atoms with van der Waals surface area (Å²) in [6, 6.07) is 9.78. The molecule has 0 aromatic heterocycles. The van der Waals surface area contributed by atoms with Crippen LogP contribution in [0.15, 0.2) is 42.0 Å². The monoisotopic (exact) mass is 467 g/mol. The summed E-state index contributed by atoms with van der Waals surface area (Å²) in [6.07, 6.45) is 0.672. The number of nitrogens with zero attached hydrogens (tertiary/aromatic N) is 1. The quantitative estimate of drug-likeness (QED) is 0.317. The van der Waals surface area contributed by atoms with Crippen LogP contribution in [0.4, 0.5) is 0 Å². The molecule has 0 aliphatic carbocycles. The molecule has 0 bridgehead atoms. The van der Waals surface area contributed by atoms with Crippen molar-refractivity contribution in [3.05, 3.63) is 58.7 Å². The fourth-order valence-electron chi connectivity index (χ4n) is 4.17. The van der Waals surface area contributed by atoms with Crippen LogP contribution in [0, 0.1) is 6.92 Å². The summed E-state index contributed by atoms with van der Waals surface area (Å²) in [6.45, 7) is 10.4. The van der Waals surface area contributed by atoms with Crippen molar-refractivity contribution >= 4 is 17.4 Å². The van der Waals surface area contributed by atoms with Crippen molar-refractivity contribution in [2.24, 2.45) is 0 Å². The van der Waals surface area contributed by atoms with E-state index in [1.807, 2.05) is 34.6 Å². The van der Waals surface area contributed by atoms with Crippen LogP contribution < -0.4 is 14.2 Å². The Kier molecular flexibility index (Phi) is 7.87. The molecule has 3 rings (SSSR count). The molecule has 1 atom stereocenters. The number of hydrogen-bond acceptors (Lipinski definition) is 6. The van der Waals surface area contributed by atoms with Gasteiger partial charge in [-0.15, -0.1) is 0 Å². The van der Waals surface area contributed by atoms with E-state index >= 15 is 0 Å². The number of aliphatic hydroxyl groups is 1. The van der Waals surface area contributed by atoms with E-state index in [-0.39, 0.29) is 17.4 Å². The Morgan fingerprint density at radius 1 is 1.06 bits per heavy atom. The number of likely N-dealkylation sites (tertiary alicyclic amines) is 1. The highest BCUT2D eigenvalue weighted by Gasteiger charge is 2.45. The van der Waals surface area contributed by atoms with E-state index in [1.54, 1.807) is 43.5 Å². The van der Waals surface area contributed by atoms with E-state index in [0.29, 0.717) is 47.9 Å². The highest BCUT2D eigenvalue weighted by Crippen LogP contribution is 2.42. The van der Waals surface area contributed by atoms with Crippen LogP contribution in [0.25, 0.3) is 5.76 Å². The predicted octanol–water partition coefficient (Wildman–Crippen LogP) is 5.02. The van der Waals surface area contributed by atoms with Crippen molar-refractivity contribution in [2.75, 3.05) is 20.3 Å². The Bertz CT molecular complexity index is 1100. The van der Waals surface area contributed by atoms with Gasteiger partial charge in [-0.3, -0.25) is 9.59 Å². The SMILES string of the molecule is CCCN1C(=O)C(=O)/C(=C(\O)c2ccc(OC(C)C)c(C)c2)C1c1ccc(OC)c(OCC)c1. The lowest BCUT2D eigenvalue weighted by atomic mass is 9.94. The number of rotatable bonds is 9. The van der Waals surface area contributed by atoms with Crippen molar-refractivity contribution in [1.29, 1.82) is 0 Å². The molecule has 7 nitrogen and oxygen atoms in total. The zero-order valence-electron chi connectivity index (χ0n) is 20.7. The molecule has 0 spiro atoms. The second kappa shape index (κ2) is 10.6. The number of aliphatic hydroxyl groups excluding tert-OH is 1. The fraction of sp³-hybridized carbons (Fsp3) is 0.407. The van der Waals surface area contributed by atoms with Gasteiger partial charge in [0.15, 0.2) is 11.5 Å². The maximum Gasteiger partial charge on any atom is 0.295 e. The Hall–Kier alpha value is -3.48. The molecule has 182 valence electrons. The number of ketones is 1. The lowest BCUT2D eigenvalue weighted by Gasteiger charge is -2.25. The van der Waals surface area contributed by atoms with Crippen molar-refractivity contribution in [3.8, 4) is 17.2 Å². The van der Waals surface area contributed by atoms with Crippen molar-refractivity contribution in [2.45, 2.75) is 53.2 Å². The molecule has 7 heteroatoms. The molecule has 1 amide bonds. The summed E-state index contributed by atoms with van der Waals surface area (Å²) in [5.74, 6) is 0.217. The highest BCUT2D eigenvalue weighted by molar-refractivity contribution is 6.46.